The lowest BCUT2D eigenvalue weighted by molar-refractivity contribution is 0.0950. The van der Waals surface area contributed by atoms with Gasteiger partial charge < -0.3 is 5.32 Å². The maximum atomic E-state index is 11.8. The Balaban J connectivity index is 1.88. The molecule has 0 saturated carbocycles. The van der Waals surface area contributed by atoms with Crippen LogP contribution in [0.15, 0.2) is 35.3 Å². The molecular weight excluding hydrogens is 286 g/mol. The van der Waals surface area contributed by atoms with Crippen LogP contribution in [0.4, 0.5) is 0 Å². The molecule has 0 saturated heterocycles. The number of pyridine rings is 1. The Labute approximate surface area is 106 Å². The summed E-state index contributed by atoms with van der Waals surface area (Å²) < 4.78 is 2.19. The van der Waals surface area contributed by atoms with E-state index in [0.29, 0.717) is 23.3 Å². The molecule has 17 heavy (non-hydrogen) atoms. The molecule has 2 aromatic rings. The highest BCUT2D eigenvalue weighted by molar-refractivity contribution is 9.10. The lowest BCUT2D eigenvalue weighted by Crippen LogP contribution is -2.27. The van der Waals surface area contributed by atoms with Gasteiger partial charge in [0.25, 0.3) is 5.91 Å². The van der Waals surface area contributed by atoms with Crippen LogP contribution in [0.3, 0.4) is 0 Å². The molecule has 88 valence electrons. The van der Waals surface area contributed by atoms with E-state index in [1.54, 1.807) is 35.4 Å². The molecule has 0 aliphatic carbocycles. The zero-order valence-electron chi connectivity index (χ0n) is 8.88. The topological polar surface area (TPSA) is 72.7 Å². The quantitative estimate of drug-likeness (QED) is 0.850. The van der Waals surface area contributed by atoms with Crippen LogP contribution in [0.25, 0.3) is 0 Å². The number of carbonyl (C=O) groups is 1. The largest absolute Gasteiger partial charge is 0.350 e. The van der Waals surface area contributed by atoms with Crippen molar-refractivity contribution in [1.29, 1.82) is 0 Å². The second-order valence-corrected chi connectivity index (χ2v) is 4.01. The van der Waals surface area contributed by atoms with Gasteiger partial charge in [-0.25, -0.2) is 4.98 Å². The molecule has 0 atom stereocenters. The maximum absolute atomic E-state index is 11.8. The summed E-state index contributed by atoms with van der Waals surface area (Å²) in [6.07, 6.45) is 4.96. The van der Waals surface area contributed by atoms with Crippen LogP contribution in [-0.2, 0) is 6.54 Å². The lowest BCUT2D eigenvalue weighted by atomic mass is 10.3. The summed E-state index contributed by atoms with van der Waals surface area (Å²) in [5.74, 6) is -0.162. The van der Waals surface area contributed by atoms with E-state index in [0.717, 1.165) is 0 Å². The second kappa shape index (κ2) is 5.53. The van der Waals surface area contributed by atoms with Gasteiger partial charge in [0.15, 0.2) is 0 Å². The fraction of sp³-hybridized carbons (Fsp3) is 0.200. The first-order chi connectivity index (χ1) is 8.27. The van der Waals surface area contributed by atoms with Crippen molar-refractivity contribution in [2.24, 2.45) is 0 Å². The smallest absolute Gasteiger partial charge is 0.254 e. The van der Waals surface area contributed by atoms with E-state index in [4.69, 9.17) is 0 Å². The average Bonchev–Trinajstić information content (AvgIpc) is 2.82. The molecule has 0 fully saturated rings. The van der Waals surface area contributed by atoms with Crippen LogP contribution in [0, 0.1) is 0 Å². The summed E-state index contributed by atoms with van der Waals surface area (Å²) in [5, 5.41) is 10.3. The molecule has 0 unspecified atom stereocenters. The van der Waals surface area contributed by atoms with Gasteiger partial charge >= 0.3 is 0 Å². The van der Waals surface area contributed by atoms with E-state index in [1.807, 2.05) is 0 Å². The van der Waals surface area contributed by atoms with Gasteiger partial charge in [0.05, 0.1) is 18.3 Å². The van der Waals surface area contributed by atoms with E-state index in [1.165, 1.54) is 0 Å². The van der Waals surface area contributed by atoms with Crippen molar-refractivity contribution in [1.82, 2.24) is 25.3 Å². The third-order valence-electron chi connectivity index (χ3n) is 2.10. The molecule has 0 radical (unpaired) electrons. The van der Waals surface area contributed by atoms with Crippen molar-refractivity contribution in [3.8, 4) is 0 Å². The number of nitrogens with zero attached hydrogens (tertiary/aromatic N) is 4. The molecule has 0 aliphatic heterocycles. The Kier molecular flexibility index (Phi) is 3.81. The summed E-state index contributed by atoms with van der Waals surface area (Å²) in [5.41, 5.74) is 0.520. The maximum Gasteiger partial charge on any atom is 0.254 e. The van der Waals surface area contributed by atoms with Gasteiger partial charge in [-0.2, -0.15) is 0 Å². The SMILES string of the molecule is O=C(NCCn1ccnn1)c1cccnc1Br. The fourth-order valence-electron chi connectivity index (χ4n) is 1.29. The van der Waals surface area contributed by atoms with Crippen LogP contribution in [0.5, 0.6) is 0 Å². The molecule has 2 rings (SSSR count). The highest BCUT2D eigenvalue weighted by Gasteiger charge is 2.09. The molecular formula is C10H10BrN5O. The highest BCUT2D eigenvalue weighted by atomic mass is 79.9. The van der Waals surface area contributed by atoms with Gasteiger partial charge in [-0.15, -0.1) is 5.10 Å². The number of hydrogen-bond acceptors (Lipinski definition) is 4. The van der Waals surface area contributed by atoms with Crippen molar-refractivity contribution in [2.45, 2.75) is 6.54 Å². The summed E-state index contributed by atoms with van der Waals surface area (Å²) in [6.45, 7) is 1.08. The Hall–Kier alpha value is -1.76. The monoisotopic (exact) mass is 295 g/mol. The van der Waals surface area contributed by atoms with E-state index in [9.17, 15) is 4.79 Å². The average molecular weight is 296 g/mol. The predicted molar refractivity (Wildman–Crippen MR) is 64.3 cm³/mol. The van der Waals surface area contributed by atoms with E-state index in [2.05, 4.69) is 36.5 Å². The molecule has 1 N–H and O–H groups in total. The van der Waals surface area contributed by atoms with Crippen LogP contribution >= 0.6 is 15.9 Å². The standard InChI is InChI=1S/C10H10BrN5O/c11-9-8(2-1-3-12-9)10(17)13-4-6-16-7-5-14-15-16/h1-3,5,7H,4,6H2,(H,13,17). The third-order valence-corrected chi connectivity index (χ3v) is 2.73. The Morgan fingerprint density at radius 2 is 2.35 bits per heavy atom. The van der Waals surface area contributed by atoms with Gasteiger partial charge in [-0.1, -0.05) is 5.21 Å². The summed E-state index contributed by atoms with van der Waals surface area (Å²) in [4.78, 5) is 15.8. The van der Waals surface area contributed by atoms with Crippen LogP contribution in [0.2, 0.25) is 0 Å². The van der Waals surface area contributed by atoms with E-state index >= 15 is 0 Å². The van der Waals surface area contributed by atoms with Crippen molar-refractivity contribution in [2.75, 3.05) is 6.54 Å². The number of halogens is 1. The summed E-state index contributed by atoms with van der Waals surface area (Å²) in [6, 6.07) is 3.43. The number of nitrogens with one attached hydrogen (secondary N) is 1. The minimum atomic E-state index is -0.162. The first kappa shape index (κ1) is 11.7. The third kappa shape index (κ3) is 3.10. The highest BCUT2D eigenvalue weighted by Crippen LogP contribution is 2.11. The summed E-state index contributed by atoms with van der Waals surface area (Å²) >= 11 is 3.23. The van der Waals surface area contributed by atoms with E-state index < -0.39 is 0 Å². The molecule has 1 amide bonds. The van der Waals surface area contributed by atoms with E-state index in [-0.39, 0.29) is 5.91 Å². The molecule has 0 aromatic carbocycles. The number of rotatable bonds is 4. The molecule has 0 spiro atoms. The van der Waals surface area contributed by atoms with Gasteiger partial charge in [0.1, 0.15) is 4.60 Å². The van der Waals surface area contributed by atoms with Crippen molar-refractivity contribution < 1.29 is 4.79 Å². The fourth-order valence-corrected chi connectivity index (χ4v) is 1.72. The van der Waals surface area contributed by atoms with Crippen LogP contribution < -0.4 is 5.32 Å². The Morgan fingerprint density at radius 1 is 1.47 bits per heavy atom. The second-order valence-electron chi connectivity index (χ2n) is 3.26. The molecule has 7 heteroatoms. The molecule has 2 heterocycles. The van der Waals surface area contributed by atoms with Crippen LogP contribution in [-0.4, -0.2) is 32.4 Å². The van der Waals surface area contributed by atoms with Crippen LogP contribution in [0.1, 0.15) is 10.4 Å². The van der Waals surface area contributed by atoms with Gasteiger partial charge in [0, 0.05) is 18.9 Å². The van der Waals surface area contributed by atoms with Crippen molar-refractivity contribution in [3.05, 3.63) is 40.9 Å². The van der Waals surface area contributed by atoms with Gasteiger partial charge in [-0.3, -0.25) is 9.48 Å². The van der Waals surface area contributed by atoms with Gasteiger partial charge in [0.2, 0.25) is 0 Å². The predicted octanol–water partition coefficient (Wildman–Crippen LogP) is 0.866. The molecule has 0 bridgehead atoms. The number of hydrogen-bond donors (Lipinski definition) is 1. The number of carbonyl (C=O) groups excluding carboxylic acids is 1. The zero-order valence-corrected chi connectivity index (χ0v) is 10.5. The minimum Gasteiger partial charge on any atom is -0.350 e. The van der Waals surface area contributed by atoms with Crippen molar-refractivity contribution >= 4 is 21.8 Å². The Morgan fingerprint density at radius 3 is 3.06 bits per heavy atom. The molecule has 2 aromatic heterocycles. The lowest BCUT2D eigenvalue weighted by Gasteiger charge is -2.05. The van der Waals surface area contributed by atoms with Gasteiger partial charge in [-0.05, 0) is 28.1 Å². The molecule has 0 aliphatic rings. The number of aromatic nitrogens is 4. The first-order valence-electron chi connectivity index (χ1n) is 5.00. The Bertz CT molecular complexity index is 499. The zero-order chi connectivity index (χ0) is 12.1. The number of amides is 1. The minimum absolute atomic E-state index is 0.162. The van der Waals surface area contributed by atoms with Crippen molar-refractivity contribution in [3.63, 3.8) is 0 Å². The first-order valence-corrected chi connectivity index (χ1v) is 5.79. The summed E-state index contributed by atoms with van der Waals surface area (Å²) in [7, 11) is 0. The normalized spacial score (nSPS) is 10.2. The molecule has 6 nitrogen and oxygen atoms in total.